The molecule has 2 aliphatic rings. The predicted molar refractivity (Wildman–Crippen MR) is 120 cm³/mol. The van der Waals surface area contributed by atoms with Crippen LogP contribution in [-0.4, -0.2) is 43.9 Å². The summed E-state index contributed by atoms with van der Waals surface area (Å²) in [7, 11) is -3.85. The third-order valence-electron chi connectivity index (χ3n) is 5.87. The zero-order valence-corrected chi connectivity index (χ0v) is 19.2. The third-order valence-corrected chi connectivity index (χ3v) is 8.19. The third kappa shape index (κ3) is 4.65. The molecule has 0 saturated carbocycles. The second-order valence-electron chi connectivity index (χ2n) is 8.34. The zero-order valence-electron chi connectivity index (χ0n) is 17.7. The van der Waals surface area contributed by atoms with Gasteiger partial charge in [0.2, 0.25) is 10.0 Å². The normalized spacial score (nSPS) is 24.4. The minimum atomic E-state index is -3.85. The van der Waals surface area contributed by atoms with Gasteiger partial charge in [0.05, 0.1) is 23.3 Å². The van der Waals surface area contributed by atoms with Crippen molar-refractivity contribution < 1.29 is 17.9 Å². The summed E-state index contributed by atoms with van der Waals surface area (Å²) in [6, 6.07) is 12.4. The van der Waals surface area contributed by atoms with Crippen LogP contribution < -0.4 is 5.32 Å². The second kappa shape index (κ2) is 8.90. The zero-order chi connectivity index (χ0) is 22.2. The maximum absolute atomic E-state index is 13.3. The molecule has 166 valence electrons. The number of hydrogen-bond acceptors (Lipinski definition) is 4. The van der Waals surface area contributed by atoms with E-state index in [1.165, 1.54) is 22.0 Å². The lowest BCUT2D eigenvalue weighted by atomic mass is 9.87. The van der Waals surface area contributed by atoms with Gasteiger partial charge in [0, 0.05) is 18.7 Å². The highest BCUT2D eigenvalue weighted by molar-refractivity contribution is 7.89. The van der Waals surface area contributed by atoms with Gasteiger partial charge in [-0.1, -0.05) is 35.9 Å². The standard InChI is InChI=1S/C23H27ClN2O4S/c1-15-13-26(14-16(2)30-15)31(28,29)22-12-18(10-11-20(22)24)23(27)25-21-9-5-7-17-6-3-4-8-19(17)21/h3-4,6,8,10-12,15-16,21H,5,7,9,13-14H2,1-2H3,(H,25,27)/t15-,16+,21-/m0/s1. The number of sulfonamides is 1. The van der Waals surface area contributed by atoms with E-state index in [0.29, 0.717) is 0 Å². The molecule has 31 heavy (non-hydrogen) atoms. The fourth-order valence-electron chi connectivity index (χ4n) is 4.45. The Hall–Kier alpha value is -1.93. The van der Waals surface area contributed by atoms with Crippen molar-refractivity contribution in [2.24, 2.45) is 0 Å². The lowest BCUT2D eigenvalue weighted by Gasteiger charge is -2.34. The number of carbonyl (C=O) groups excluding carboxylic acids is 1. The van der Waals surface area contributed by atoms with Gasteiger partial charge >= 0.3 is 0 Å². The molecular weight excluding hydrogens is 436 g/mol. The van der Waals surface area contributed by atoms with Crippen molar-refractivity contribution >= 4 is 27.5 Å². The summed E-state index contributed by atoms with van der Waals surface area (Å²) in [5.41, 5.74) is 2.65. The molecule has 2 aromatic carbocycles. The first kappa shape index (κ1) is 22.3. The number of morpholine rings is 1. The van der Waals surface area contributed by atoms with Gasteiger partial charge in [0.15, 0.2) is 0 Å². The first-order chi connectivity index (χ1) is 14.8. The molecule has 1 N–H and O–H groups in total. The number of rotatable bonds is 4. The Morgan fingerprint density at radius 2 is 1.84 bits per heavy atom. The minimum absolute atomic E-state index is 0.0489. The highest BCUT2D eigenvalue weighted by Crippen LogP contribution is 2.31. The number of amides is 1. The van der Waals surface area contributed by atoms with Crippen LogP contribution in [-0.2, 0) is 21.2 Å². The summed E-state index contributed by atoms with van der Waals surface area (Å²) in [5, 5.41) is 3.18. The monoisotopic (exact) mass is 462 g/mol. The Balaban J connectivity index is 1.59. The van der Waals surface area contributed by atoms with E-state index in [-0.39, 0.29) is 52.7 Å². The number of nitrogens with one attached hydrogen (secondary N) is 1. The van der Waals surface area contributed by atoms with Crippen LogP contribution in [0.3, 0.4) is 0 Å². The fourth-order valence-corrected chi connectivity index (χ4v) is 6.54. The summed E-state index contributed by atoms with van der Waals surface area (Å²) in [6.07, 6.45) is 2.42. The van der Waals surface area contributed by atoms with Crippen LogP contribution in [0, 0.1) is 0 Å². The summed E-state index contributed by atoms with van der Waals surface area (Å²) in [4.78, 5) is 13.0. The summed E-state index contributed by atoms with van der Waals surface area (Å²) in [5.74, 6) is -0.307. The summed E-state index contributed by atoms with van der Waals surface area (Å²) in [6.45, 7) is 4.17. The van der Waals surface area contributed by atoms with Crippen molar-refractivity contribution in [3.05, 3.63) is 64.2 Å². The number of nitrogens with zero attached hydrogens (tertiary/aromatic N) is 1. The first-order valence-electron chi connectivity index (χ1n) is 10.6. The molecule has 1 amide bonds. The Labute approximate surface area is 188 Å². The highest BCUT2D eigenvalue weighted by Gasteiger charge is 2.34. The summed E-state index contributed by atoms with van der Waals surface area (Å²) < 4.78 is 33.6. The molecule has 0 radical (unpaired) electrons. The predicted octanol–water partition coefficient (Wildman–Crippen LogP) is 3.95. The quantitative estimate of drug-likeness (QED) is 0.746. The van der Waals surface area contributed by atoms with E-state index in [1.54, 1.807) is 6.07 Å². The molecule has 1 heterocycles. The van der Waals surface area contributed by atoms with Crippen LogP contribution in [0.25, 0.3) is 0 Å². The van der Waals surface area contributed by atoms with Gasteiger partial charge in [-0.15, -0.1) is 0 Å². The molecule has 1 aliphatic heterocycles. The maximum atomic E-state index is 13.3. The molecule has 6 nitrogen and oxygen atoms in total. The minimum Gasteiger partial charge on any atom is -0.373 e. The van der Waals surface area contributed by atoms with Crippen LogP contribution in [0.1, 0.15) is 54.2 Å². The number of fused-ring (bicyclic) bond motifs is 1. The molecule has 1 saturated heterocycles. The van der Waals surface area contributed by atoms with Crippen LogP contribution in [0.5, 0.6) is 0 Å². The average Bonchev–Trinajstić information content (AvgIpc) is 2.73. The largest absolute Gasteiger partial charge is 0.373 e. The highest BCUT2D eigenvalue weighted by atomic mass is 35.5. The van der Waals surface area contributed by atoms with Crippen molar-refractivity contribution in [3.63, 3.8) is 0 Å². The smallest absolute Gasteiger partial charge is 0.251 e. The summed E-state index contributed by atoms with van der Waals surface area (Å²) >= 11 is 6.27. The van der Waals surface area contributed by atoms with Gasteiger partial charge in [-0.2, -0.15) is 4.31 Å². The van der Waals surface area contributed by atoms with Crippen molar-refractivity contribution in [2.45, 2.75) is 56.3 Å². The number of ether oxygens (including phenoxy) is 1. The van der Waals surface area contributed by atoms with E-state index in [1.807, 2.05) is 32.0 Å². The maximum Gasteiger partial charge on any atom is 0.251 e. The molecule has 0 spiro atoms. The number of benzene rings is 2. The average molecular weight is 463 g/mol. The molecule has 3 atom stereocenters. The van der Waals surface area contributed by atoms with Gasteiger partial charge in [0.1, 0.15) is 4.90 Å². The molecule has 1 aliphatic carbocycles. The van der Waals surface area contributed by atoms with Crippen molar-refractivity contribution in [1.82, 2.24) is 9.62 Å². The van der Waals surface area contributed by atoms with Crippen molar-refractivity contribution in [3.8, 4) is 0 Å². The van der Waals surface area contributed by atoms with Gasteiger partial charge < -0.3 is 10.1 Å². The Morgan fingerprint density at radius 3 is 2.58 bits per heavy atom. The van der Waals surface area contributed by atoms with E-state index in [9.17, 15) is 13.2 Å². The Bertz CT molecular complexity index is 1080. The fraction of sp³-hybridized carbons (Fsp3) is 0.435. The molecule has 4 rings (SSSR count). The SMILES string of the molecule is C[C@@H]1CN(S(=O)(=O)c2cc(C(=O)N[C@H]3CCCc4ccccc43)ccc2Cl)C[C@H](C)O1. The van der Waals surface area contributed by atoms with E-state index < -0.39 is 10.0 Å². The molecule has 0 aromatic heterocycles. The van der Waals surface area contributed by atoms with E-state index in [2.05, 4.69) is 11.4 Å². The van der Waals surface area contributed by atoms with Gasteiger partial charge in [-0.05, 0) is 62.4 Å². The number of carbonyl (C=O) groups is 1. The van der Waals surface area contributed by atoms with Gasteiger partial charge in [0.25, 0.3) is 5.91 Å². The van der Waals surface area contributed by atoms with Gasteiger partial charge in [-0.3, -0.25) is 4.79 Å². The van der Waals surface area contributed by atoms with Crippen LogP contribution >= 0.6 is 11.6 Å². The lowest BCUT2D eigenvalue weighted by Crippen LogP contribution is -2.48. The van der Waals surface area contributed by atoms with Crippen molar-refractivity contribution in [2.75, 3.05) is 13.1 Å². The molecular formula is C23H27ClN2O4S. The molecule has 1 fully saturated rings. The van der Waals surface area contributed by atoms with E-state index >= 15 is 0 Å². The van der Waals surface area contributed by atoms with Crippen molar-refractivity contribution in [1.29, 1.82) is 0 Å². The number of aryl methyl sites for hydroxylation is 1. The molecule has 0 unspecified atom stereocenters. The Morgan fingerprint density at radius 1 is 1.13 bits per heavy atom. The molecule has 2 aromatic rings. The Kier molecular flexibility index (Phi) is 6.40. The van der Waals surface area contributed by atoms with Gasteiger partial charge in [-0.25, -0.2) is 8.42 Å². The first-order valence-corrected chi connectivity index (χ1v) is 12.4. The molecule has 8 heteroatoms. The van der Waals surface area contributed by atoms with Crippen LogP contribution in [0.15, 0.2) is 47.4 Å². The number of hydrogen-bond donors (Lipinski definition) is 1. The van der Waals surface area contributed by atoms with E-state index in [0.717, 1.165) is 24.8 Å². The number of halogens is 1. The van der Waals surface area contributed by atoms with E-state index in [4.69, 9.17) is 16.3 Å². The van der Waals surface area contributed by atoms with Crippen LogP contribution in [0.2, 0.25) is 5.02 Å². The lowest BCUT2D eigenvalue weighted by molar-refractivity contribution is -0.0440. The molecule has 0 bridgehead atoms. The second-order valence-corrected chi connectivity index (χ2v) is 10.7. The topological polar surface area (TPSA) is 75.7 Å². The van der Waals surface area contributed by atoms with Crippen LogP contribution in [0.4, 0.5) is 0 Å².